The molecule has 2 amide bonds. The highest BCUT2D eigenvalue weighted by Crippen LogP contribution is 2.20. The number of pyridine rings is 1. The van der Waals surface area contributed by atoms with E-state index in [4.69, 9.17) is 22.1 Å². The fourth-order valence-electron chi connectivity index (χ4n) is 1.91. The maximum atomic E-state index is 11.0. The second-order valence-electron chi connectivity index (χ2n) is 4.90. The van der Waals surface area contributed by atoms with Crippen LogP contribution in [-0.4, -0.2) is 29.9 Å². The van der Waals surface area contributed by atoms with Crippen molar-refractivity contribution in [3.63, 3.8) is 0 Å². The van der Waals surface area contributed by atoms with Crippen molar-refractivity contribution in [1.29, 1.82) is 0 Å². The van der Waals surface area contributed by atoms with Gasteiger partial charge in [-0.3, -0.25) is 9.59 Å². The summed E-state index contributed by atoms with van der Waals surface area (Å²) in [6.45, 7) is 2.25. The number of benzene rings is 1. The highest BCUT2D eigenvalue weighted by atomic mass is 35.5. The average molecular weight is 349 g/mol. The van der Waals surface area contributed by atoms with Gasteiger partial charge in [0.1, 0.15) is 18.2 Å². The molecule has 0 aliphatic heterocycles. The number of carbonyl (C=O) groups is 2. The zero-order chi connectivity index (χ0) is 17.5. The molecule has 2 rings (SSSR count). The number of rotatable bonds is 7. The maximum Gasteiger partial charge on any atom is 0.250 e. The number of carbonyl (C=O) groups excluding carboxylic acids is 2. The first kappa shape index (κ1) is 17.6. The highest BCUT2D eigenvalue weighted by Gasteiger charge is 2.07. The van der Waals surface area contributed by atoms with Gasteiger partial charge in [0.25, 0.3) is 0 Å². The van der Waals surface area contributed by atoms with Crippen molar-refractivity contribution >= 4 is 34.9 Å². The van der Waals surface area contributed by atoms with Gasteiger partial charge >= 0.3 is 0 Å². The van der Waals surface area contributed by atoms with Gasteiger partial charge in [-0.05, 0) is 18.2 Å². The number of nitrogens with one attached hydrogen (secondary N) is 2. The molecule has 0 radical (unpaired) electrons. The molecular weight excluding hydrogens is 332 g/mol. The standard InChI is InChI=1S/C16H17ClN4O3/c1-10(22)21-12-3-2-4-13(8-12)24-6-5-19-16-14(17)7-11(9-20-16)15(18)23/h2-4,7-9H,5-6H2,1H3,(H2,18,23)(H,19,20)(H,21,22). The molecule has 0 aliphatic carbocycles. The minimum atomic E-state index is -0.585. The quantitative estimate of drug-likeness (QED) is 0.665. The van der Waals surface area contributed by atoms with Crippen LogP contribution < -0.4 is 21.1 Å². The summed E-state index contributed by atoms with van der Waals surface area (Å²) in [5.41, 5.74) is 6.07. The number of hydrogen-bond acceptors (Lipinski definition) is 5. The molecule has 1 heterocycles. The van der Waals surface area contributed by atoms with E-state index in [2.05, 4.69) is 15.6 Å². The van der Waals surface area contributed by atoms with Crippen LogP contribution in [0.2, 0.25) is 5.02 Å². The van der Waals surface area contributed by atoms with E-state index in [1.54, 1.807) is 24.3 Å². The van der Waals surface area contributed by atoms with E-state index < -0.39 is 5.91 Å². The normalized spacial score (nSPS) is 10.1. The van der Waals surface area contributed by atoms with E-state index in [-0.39, 0.29) is 11.5 Å². The summed E-state index contributed by atoms with van der Waals surface area (Å²) >= 11 is 6.02. The van der Waals surface area contributed by atoms with Crippen molar-refractivity contribution in [3.05, 3.63) is 47.1 Å². The Bertz CT molecular complexity index is 752. The SMILES string of the molecule is CC(=O)Nc1cccc(OCCNc2ncc(C(N)=O)cc2Cl)c1. The zero-order valence-corrected chi connectivity index (χ0v) is 13.8. The van der Waals surface area contributed by atoms with Crippen LogP contribution in [0.15, 0.2) is 36.5 Å². The molecule has 0 saturated heterocycles. The Balaban J connectivity index is 1.85. The van der Waals surface area contributed by atoms with Crippen molar-refractivity contribution in [2.45, 2.75) is 6.92 Å². The van der Waals surface area contributed by atoms with Gasteiger partial charge < -0.3 is 21.1 Å². The molecule has 0 fully saturated rings. The molecule has 0 atom stereocenters. The Labute approximate surface area is 144 Å². The summed E-state index contributed by atoms with van der Waals surface area (Å²) in [5.74, 6) is 0.343. The van der Waals surface area contributed by atoms with E-state index in [9.17, 15) is 9.59 Å². The fraction of sp³-hybridized carbons (Fsp3) is 0.188. The van der Waals surface area contributed by atoms with Gasteiger partial charge in [-0.1, -0.05) is 17.7 Å². The molecule has 24 heavy (non-hydrogen) atoms. The molecule has 0 unspecified atom stereocenters. The van der Waals surface area contributed by atoms with E-state index in [1.807, 2.05) is 0 Å². The van der Waals surface area contributed by atoms with Crippen LogP contribution in [0.4, 0.5) is 11.5 Å². The van der Waals surface area contributed by atoms with Crippen LogP contribution in [0.5, 0.6) is 5.75 Å². The lowest BCUT2D eigenvalue weighted by molar-refractivity contribution is -0.114. The van der Waals surface area contributed by atoms with Crippen LogP contribution >= 0.6 is 11.6 Å². The van der Waals surface area contributed by atoms with Gasteiger partial charge in [0, 0.05) is 24.9 Å². The maximum absolute atomic E-state index is 11.0. The fourth-order valence-corrected chi connectivity index (χ4v) is 2.14. The van der Waals surface area contributed by atoms with Crippen molar-refractivity contribution in [3.8, 4) is 5.75 Å². The van der Waals surface area contributed by atoms with Gasteiger partial charge in [0.05, 0.1) is 17.1 Å². The van der Waals surface area contributed by atoms with Gasteiger partial charge in [-0.15, -0.1) is 0 Å². The molecule has 0 bridgehead atoms. The minimum absolute atomic E-state index is 0.144. The topological polar surface area (TPSA) is 106 Å². The van der Waals surface area contributed by atoms with Gasteiger partial charge in [-0.2, -0.15) is 0 Å². The molecule has 1 aromatic heterocycles. The lowest BCUT2D eigenvalue weighted by atomic mass is 10.3. The van der Waals surface area contributed by atoms with E-state index in [0.29, 0.717) is 35.4 Å². The van der Waals surface area contributed by atoms with E-state index in [0.717, 1.165) is 0 Å². The Morgan fingerprint density at radius 1 is 1.33 bits per heavy atom. The predicted molar refractivity (Wildman–Crippen MR) is 92.5 cm³/mol. The number of halogens is 1. The number of ether oxygens (including phenoxy) is 1. The molecule has 4 N–H and O–H groups in total. The van der Waals surface area contributed by atoms with Gasteiger partial charge in [0.2, 0.25) is 11.8 Å². The van der Waals surface area contributed by atoms with Crippen LogP contribution in [0.3, 0.4) is 0 Å². The molecular formula is C16H17ClN4O3. The molecule has 7 nitrogen and oxygen atoms in total. The summed E-state index contributed by atoms with van der Waals surface area (Å²) < 4.78 is 5.59. The first-order valence-corrected chi connectivity index (χ1v) is 7.53. The third-order valence-corrected chi connectivity index (χ3v) is 3.23. The summed E-state index contributed by atoms with van der Waals surface area (Å²) in [4.78, 5) is 26.1. The minimum Gasteiger partial charge on any atom is -0.492 e. The molecule has 0 aliphatic rings. The molecule has 126 valence electrons. The lowest BCUT2D eigenvalue weighted by Gasteiger charge is -2.10. The third-order valence-electron chi connectivity index (χ3n) is 2.94. The van der Waals surface area contributed by atoms with Crippen molar-refractivity contribution in [2.75, 3.05) is 23.8 Å². The highest BCUT2D eigenvalue weighted by molar-refractivity contribution is 6.33. The first-order chi connectivity index (χ1) is 11.5. The monoisotopic (exact) mass is 348 g/mol. The smallest absolute Gasteiger partial charge is 0.250 e. The van der Waals surface area contributed by atoms with Crippen molar-refractivity contribution in [2.24, 2.45) is 5.73 Å². The Morgan fingerprint density at radius 2 is 2.12 bits per heavy atom. The molecule has 0 saturated carbocycles. The summed E-state index contributed by atoms with van der Waals surface area (Å²) in [5, 5.41) is 5.99. The number of primary amides is 1. The number of aromatic nitrogens is 1. The van der Waals surface area contributed by atoms with Gasteiger partial charge in [-0.25, -0.2) is 4.98 Å². The average Bonchev–Trinajstić information content (AvgIpc) is 2.52. The summed E-state index contributed by atoms with van der Waals surface area (Å²) in [6.07, 6.45) is 1.36. The number of anilines is 2. The van der Waals surface area contributed by atoms with Crippen LogP contribution in [0.25, 0.3) is 0 Å². The van der Waals surface area contributed by atoms with Gasteiger partial charge in [0.15, 0.2) is 0 Å². The molecule has 0 spiro atoms. The van der Waals surface area contributed by atoms with E-state index in [1.165, 1.54) is 19.2 Å². The summed E-state index contributed by atoms with van der Waals surface area (Å²) in [6, 6.07) is 8.54. The largest absolute Gasteiger partial charge is 0.492 e. The molecule has 2 aromatic rings. The Hall–Kier alpha value is -2.80. The van der Waals surface area contributed by atoms with Crippen molar-refractivity contribution < 1.29 is 14.3 Å². The number of nitrogens with two attached hydrogens (primary N) is 1. The second kappa shape index (κ2) is 8.16. The molecule has 8 heteroatoms. The second-order valence-corrected chi connectivity index (χ2v) is 5.31. The number of amides is 2. The van der Waals surface area contributed by atoms with Crippen LogP contribution in [-0.2, 0) is 4.79 Å². The Kier molecular flexibility index (Phi) is 5.97. The third kappa shape index (κ3) is 5.13. The molecule has 1 aromatic carbocycles. The van der Waals surface area contributed by atoms with E-state index >= 15 is 0 Å². The Morgan fingerprint density at radius 3 is 2.79 bits per heavy atom. The number of hydrogen-bond donors (Lipinski definition) is 3. The number of nitrogens with zero attached hydrogens (tertiary/aromatic N) is 1. The van der Waals surface area contributed by atoms with Crippen molar-refractivity contribution in [1.82, 2.24) is 4.98 Å². The first-order valence-electron chi connectivity index (χ1n) is 7.15. The van der Waals surface area contributed by atoms with Crippen LogP contribution in [0, 0.1) is 0 Å². The lowest BCUT2D eigenvalue weighted by Crippen LogP contribution is -2.15. The predicted octanol–water partition coefficient (Wildman–Crippen LogP) is 2.28. The van der Waals surface area contributed by atoms with Crippen LogP contribution in [0.1, 0.15) is 17.3 Å². The summed E-state index contributed by atoms with van der Waals surface area (Å²) in [7, 11) is 0. The zero-order valence-electron chi connectivity index (χ0n) is 13.0.